The SMILES string of the molecule is CN(C(=O)c1cc(NC(=O)[C@H]2[C@H](c3cc(Cl)cc(Cl)c3)C2(Cl)Cl)ccc1Cl)C1(C#N)CC1. The number of carbonyl (C=O) groups is 2. The first-order valence-corrected chi connectivity index (χ1v) is 11.5. The van der Waals surface area contributed by atoms with Crippen LogP contribution >= 0.6 is 58.0 Å². The van der Waals surface area contributed by atoms with Gasteiger partial charge in [0, 0.05) is 28.7 Å². The van der Waals surface area contributed by atoms with Gasteiger partial charge in [-0.25, -0.2) is 0 Å². The van der Waals surface area contributed by atoms with E-state index in [0.717, 1.165) is 0 Å². The maximum atomic E-state index is 12.9. The van der Waals surface area contributed by atoms with Gasteiger partial charge in [-0.3, -0.25) is 9.59 Å². The highest BCUT2D eigenvalue weighted by Crippen LogP contribution is 2.65. The fourth-order valence-electron chi connectivity index (χ4n) is 3.83. The molecule has 0 spiro atoms. The molecule has 1 N–H and O–H groups in total. The van der Waals surface area contributed by atoms with Crippen LogP contribution in [0.15, 0.2) is 36.4 Å². The molecule has 166 valence electrons. The first-order chi connectivity index (χ1) is 15.0. The van der Waals surface area contributed by atoms with Gasteiger partial charge in [-0.2, -0.15) is 5.26 Å². The third-order valence-electron chi connectivity index (χ3n) is 5.92. The lowest BCUT2D eigenvalue weighted by Crippen LogP contribution is -2.38. The number of rotatable bonds is 5. The molecule has 5 nitrogen and oxygen atoms in total. The summed E-state index contributed by atoms with van der Waals surface area (Å²) in [7, 11) is 1.57. The lowest BCUT2D eigenvalue weighted by atomic mass is 10.1. The molecule has 2 aromatic rings. The topological polar surface area (TPSA) is 73.2 Å². The van der Waals surface area contributed by atoms with Gasteiger partial charge in [0.15, 0.2) is 0 Å². The second-order valence-electron chi connectivity index (χ2n) is 8.02. The maximum Gasteiger partial charge on any atom is 0.256 e. The van der Waals surface area contributed by atoms with Crippen molar-refractivity contribution in [3.05, 3.63) is 62.6 Å². The Labute approximate surface area is 210 Å². The second-order valence-corrected chi connectivity index (χ2v) is 10.7. The number of nitriles is 1. The number of carbonyl (C=O) groups excluding carboxylic acids is 2. The molecule has 10 heteroatoms. The van der Waals surface area contributed by atoms with Crippen molar-refractivity contribution in [2.75, 3.05) is 12.4 Å². The number of anilines is 1. The van der Waals surface area contributed by atoms with Crippen LogP contribution in [-0.2, 0) is 4.79 Å². The van der Waals surface area contributed by atoms with Gasteiger partial charge in [0.05, 0.1) is 22.6 Å². The van der Waals surface area contributed by atoms with Crippen molar-refractivity contribution in [1.82, 2.24) is 4.90 Å². The van der Waals surface area contributed by atoms with Gasteiger partial charge in [0.25, 0.3) is 5.91 Å². The summed E-state index contributed by atoms with van der Waals surface area (Å²) in [5.74, 6) is -2.05. The quantitative estimate of drug-likeness (QED) is 0.460. The number of halogens is 5. The van der Waals surface area contributed by atoms with E-state index in [1.165, 1.54) is 17.0 Å². The first-order valence-electron chi connectivity index (χ1n) is 9.64. The predicted octanol–water partition coefficient (Wildman–Crippen LogP) is 6.30. The minimum Gasteiger partial charge on any atom is -0.326 e. The molecule has 0 bridgehead atoms. The lowest BCUT2D eigenvalue weighted by molar-refractivity contribution is -0.117. The minimum atomic E-state index is -1.32. The molecule has 2 aromatic carbocycles. The standard InChI is InChI=1S/C22H16Cl5N3O2/c1-30(21(10-28)4-5-21)20(32)15-9-14(2-3-16(15)25)29-19(31)18-17(22(18,26)27)11-6-12(23)8-13(24)7-11/h2-3,6-9,17-18H,4-5H2,1H3,(H,29,31)/t17-,18+/m0/s1. The van der Waals surface area contributed by atoms with Crippen molar-refractivity contribution in [3.8, 4) is 6.07 Å². The van der Waals surface area contributed by atoms with E-state index >= 15 is 0 Å². The van der Waals surface area contributed by atoms with Gasteiger partial charge >= 0.3 is 0 Å². The van der Waals surface area contributed by atoms with Crippen LogP contribution in [0, 0.1) is 17.2 Å². The molecule has 2 fully saturated rings. The average Bonchev–Trinajstić information content (AvgIpc) is 3.62. The molecule has 0 saturated heterocycles. The van der Waals surface area contributed by atoms with E-state index in [4.69, 9.17) is 58.0 Å². The highest BCUT2D eigenvalue weighted by Gasteiger charge is 2.67. The zero-order valence-electron chi connectivity index (χ0n) is 16.6. The summed E-state index contributed by atoms with van der Waals surface area (Å²) < 4.78 is -1.32. The van der Waals surface area contributed by atoms with E-state index in [9.17, 15) is 14.9 Å². The number of nitrogens with one attached hydrogen (secondary N) is 1. The van der Waals surface area contributed by atoms with Crippen molar-refractivity contribution in [1.29, 1.82) is 5.26 Å². The van der Waals surface area contributed by atoms with E-state index in [1.54, 1.807) is 31.3 Å². The number of hydrogen-bond acceptors (Lipinski definition) is 3. The van der Waals surface area contributed by atoms with E-state index in [0.29, 0.717) is 34.1 Å². The van der Waals surface area contributed by atoms with Crippen LogP contribution in [0.3, 0.4) is 0 Å². The van der Waals surface area contributed by atoms with Crippen LogP contribution in [0.1, 0.15) is 34.7 Å². The zero-order chi connectivity index (χ0) is 23.4. The van der Waals surface area contributed by atoms with E-state index in [1.807, 2.05) is 0 Å². The summed E-state index contributed by atoms with van der Waals surface area (Å²) in [4.78, 5) is 27.2. The Hall–Kier alpha value is -1.68. The van der Waals surface area contributed by atoms with Crippen LogP contribution in [-0.4, -0.2) is 33.6 Å². The molecular weight excluding hydrogens is 516 g/mol. The van der Waals surface area contributed by atoms with E-state index in [-0.39, 0.29) is 10.6 Å². The Balaban J connectivity index is 1.53. The zero-order valence-corrected chi connectivity index (χ0v) is 20.4. The molecule has 32 heavy (non-hydrogen) atoms. The Kier molecular flexibility index (Phi) is 6.07. The van der Waals surface area contributed by atoms with Gasteiger partial charge in [0.2, 0.25) is 5.91 Å². The lowest BCUT2D eigenvalue weighted by Gasteiger charge is -2.23. The Morgan fingerprint density at radius 2 is 1.72 bits per heavy atom. The highest BCUT2D eigenvalue weighted by atomic mass is 35.5. The normalized spacial score (nSPS) is 21.9. The third kappa shape index (κ3) is 4.16. The first kappa shape index (κ1) is 23.5. The largest absolute Gasteiger partial charge is 0.326 e. The van der Waals surface area contributed by atoms with Crippen LogP contribution in [0.25, 0.3) is 0 Å². The molecule has 2 atom stereocenters. The summed E-state index contributed by atoms with van der Waals surface area (Å²) >= 11 is 31.2. The van der Waals surface area contributed by atoms with Crippen LogP contribution < -0.4 is 5.32 Å². The molecule has 0 radical (unpaired) electrons. The van der Waals surface area contributed by atoms with Crippen molar-refractivity contribution in [2.45, 2.75) is 28.6 Å². The maximum absolute atomic E-state index is 12.9. The van der Waals surface area contributed by atoms with Crippen LogP contribution in [0.4, 0.5) is 5.69 Å². The summed E-state index contributed by atoms with van der Waals surface area (Å²) in [5, 5.41) is 13.2. The van der Waals surface area contributed by atoms with Crippen LogP contribution in [0.2, 0.25) is 15.1 Å². The number of hydrogen-bond donors (Lipinski definition) is 1. The van der Waals surface area contributed by atoms with Crippen molar-refractivity contribution >= 4 is 75.5 Å². The number of benzene rings is 2. The van der Waals surface area contributed by atoms with E-state index in [2.05, 4.69) is 11.4 Å². The van der Waals surface area contributed by atoms with Crippen molar-refractivity contribution in [3.63, 3.8) is 0 Å². The Morgan fingerprint density at radius 3 is 2.28 bits per heavy atom. The molecule has 0 aromatic heterocycles. The average molecular weight is 532 g/mol. The van der Waals surface area contributed by atoms with Crippen LogP contribution in [0.5, 0.6) is 0 Å². The smallest absolute Gasteiger partial charge is 0.256 e. The number of amides is 2. The fourth-order valence-corrected chi connectivity index (χ4v) is 5.39. The van der Waals surface area contributed by atoms with Gasteiger partial charge in [-0.05, 0) is 54.8 Å². The molecular formula is C22H16Cl5N3O2. The van der Waals surface area contributed by atoms with Crippen molar-refractivity contribution in [2.24, 2.45) is 5.92 Å². The van der Waals surface area contributed by atoms with Gasteiger partial charge < -0.3 is 10.2 Å². The fraction of sp³-hybridized carbons (Fsp3) is 0.318. The second kappa shape index (κ2) is 8.27. The molecule has 0 heterocycles. The highest BCUT2D eigenvalue weighted by molar-refractivity contribution is 6.53. The Morgan fingerprint density at radius 1 is 1.09 bits per heavy atom. The molecule has 2 aliphatic rings. The summed E-state index contributed by atoms with van der Waals surface area (Å²) in [6.45, 7) is 0. The monoisotopic (exact) mass is 529 g/mol. The predicted molar refractivity (Wildman–Crippen MR) is 127 cm³/mol. The van der Waals surface area contributed by atoms with E-state index < -0.39 is 33.5 Å². The molecule has 0 unspecified atom stereocenters. The number of alkyl halides is 2. The summed E-state index contributed by atoms with van der Waals surface area (Å²) in [6.07, 6.45) is 1.23. The summed E-state index contributed by atoms with van der Waals surface area (Å²) in [6, 6.07) is 11.7. The van der Waals surface area contributed by atoms with Gasteiger partial charge in [-0.15, -0.1) is 23.2 Å². The summed E-state index contributed by atoms with van der Waals surface area (Å²) in [5.41, 5.74) is 0.408. The number of nitrogens with zero attached hydrogens (tertiary/aromatic N) is 2. The minimum absolute atomic E-state index is 0.186. The van der Waals surface area contributed by atoms with Gasteiger partial charge in [-0.1, -0.05) is 34.8 Å². The molecule has 0 aliphatic heterocycles. The third-order valence-corrected chi connectivity index (χ3v) is 7.63. The molecule has 4 rings (SSSR count). The molecule has 2 aliphatic carbocycles. The van der Waals surface area contributed by atoms with Crippen molar-refractivity contribution < 1.29 is 9.59 Å². The van der Waals surface area contributed by atoms with Gasteiger partial charge in [0.1, 0.15) is 9.87 Å². The molecule has 2 saturated carbocycles. The Bertz CT molecular complexity index is 1150. The molecule has 2 amide bonds.